The number of nitrogens with zero attached hydrogens (tertiary/aromatic N) is 1. The summed E-state index contributed by atoms with van der Waals surface area (Å²) in [6.07, 6.45) is 3.77. The molecular weight excluding hydrogens is 448 g/mol. The van der Waals surface area contributed by atoms with Crippen molar-refractivity contribution >= 4 is 49.6 Å². The predicted octanol–water partition coefficient (Wildman–Crippen LogP) is 5.10. The molecule has 0 saturated carbocycles. The van der Waals surface area contributed by atoms with Crippen LogP contribution in [0.15, 0.2) is 62.6 Å². The topological polar surface area (TPSA) is 50.7 Å². The van der Waals surface area contributed by atoms with E-state index in [4.69, 9.17) is 4.74 Å². The molecule has 130 valence electrons. The van der Waals surface area contributed by atoms with E-state index in [1.54, 1.807) is 0 Å². The van der Waals surface area contributed by atoms with Gasteiger partial charge in [0.2, 0.25) is 0 Å². The van der Waals surface area contributed by atoms with Crippen molar-refractivity contribution in [3.05, 3.63) is 68.6 Å². The summed E-state index contributed by atoms with van der Waals surface area (Å²) in [5, 5.41) is 4.04. The summed E-state index contributed by atoms with van der Waals surface area (Å²) in [4.78, 5) is 11.9. The molecule has 0 aliphatic heterocycles. The van der Waals surface area contributed by atoms with Crippen molar-refractivity contribution < 1.29 is 9.53 Å². The van der Waals surface area contributed by atoms with Gasteiger partial charge in [0.05, 0.1) is 14.7 Å². The minimum Gasteiger partial charge on any atom is -0.481 e. The van der Waals surface area contributed by atoms with Crippen LogP contribution in [0.4, 0.5) is 0 Å². The van der Waals surface area contributed by atoms with Crippen molar-refractivity contribution in [1.29, 1.82) is 0 Å². The van der Waals surface area contributed by atoms with Crippen molar-refractivity contribution in [2.45, 2.75) is 13.8 Å². The molecule has 6 heteroatoms. The molecule has 0 spiro atoms. The highest BCUT2D eigenvalue weighted by Crippen LogP contribution is 2.34. The average Bonchev–Trinajstić information content (AvgIpc) is 2.58. The fourth-order valence-electron chi connectivity index (χ4n) is 1.96. The molecule has 2 rings (SSSR count). The Hall–Kier alpha value is -1.92. The summed E-state index contributed by atoms with van der Waals surface area (Å²) in [5.41, 5.74) is 5.33. The second kappa shape index (κ2) is 9.53. The molecule has 0 unspecified atom stereocenters. The van der Waals surface area contributed by atoms with Crippen molar-refractivity contribution in [1.82, 2.24) is 5.43 Å². The Balaban J connectivity index is 1.87. The molecule has 4 nitrogen and oxygen atoms in total. The zero-order valence-corrected chi connectivity index (χ0v) is 17.1. The maximum Gasteiger partial charge on any atom is 0.277 e. The largest absolute Gasteiger partial charge is 0.481 e. The van der Waals surface area contributed by atoms with Crippen LogP contribution in [-0.4, -0.2) is 18.2 Å². The number of amides is 1. The van der Waals surface area contributed by atoms with E-state index in [1.807, 2.05) is 68.5 Å². The molecule has 0 fully saturated rings. The first-order chi connectivity index (χ1) is 12.0. The van der Waals surface area contributed by atoms with Gasteiger partial charge in [0.15, 0.2) is 6.61 Å². The van der Waals surface area contributed by atoms with Crippen LogP contribution in [0.3, 0.4) is 0 Å². The number of allylic oxidation sites excluding steroid dienone is 1. The molecule has 0 saturated heterocycles. The number of hydrazone groups is 1. The minimum absolute atomic E-state index is 0.126. The lowest BCUT2D eigenvalue weighted by molar-refractivity contribution is -0.123. The van der Waals surface area contributed by atoms with Gasteiger partial charge in [0.1, 0.15) is 5.75 Å². The van der Waals surface area contributed by atoms with Gasteiger partial charge in [-0.3, -0.25) is 4.79 Å². The minimum atomic E-state index is -0.327. The summed E-state index contributed by atoms with van der Waals surface area (Å²) < 4.78 is 7.13. The molecular formula is C19H18Br2N2O2. The number of carbonyl (C=O) groups is 1. The summed E-state index contributed by atoms with van der Waals surface area (Å²) in [6, 6.07) is 13.7. The fraction of sp³-hybridized carbons (Fsp3) is 0.158. The Morgan fingerprint density at radius 1 is 1.20 bits per heavy atom. The van der Waals surface area contributed by atoms with E-state index in [1.165, 1.54) is 0 Å². The van der Waals surface area contributed by atoms with Crippen molar-refractivity contribution in [2.75, 3.05) is 6.61 Å². The van der Waals surface area contributed by atoms with Crippen LogP contribution in [0.1, 0.15) is 18.1 Å². The van der Waals surface area contributed by atoms with Crippen LogP contribution in [0.25, 0.3) is 6.08 Å². The highest BCUT2D eigenvalue weighted by Gasteiger charge is 2.10. The van der Waals surface area contributed by atoms with Crippen molar-refractivity contribution in [3.8, 4) is 5.75 Å². The molecule has 0 bridgehead atoms. The Bertz CT molecular complexity index is 779. The SMILES string of the molecule is CC(/C=C/c1ccccc1)=NNC(=O)COc1c(Br)cc(C)cc1Br. The fourth-order valence-corrected chi connectivity index (χ4v) is 3.61. The van der Waals surface area contributed by atoms with Gasteiger partial charge in [-0.1, -0.05) is 36.4 Å². The van der Waals surface area contributed by atoms with Gasteiger partial charge in [-0.05, 0) is 75.0 Å². The average molecular weight is 466 g/mol. The Labute approximate surface area is 164 Å². The summed E-state index contributed by atoms with van der Waals surface area (Å²) in [5.74, 6) is 0.261. The van der Waals surface area contributed by atoms with Gasteiger partial charge in [0.25, 0.3) is 5.91 Å². The third kappa shape index (κ3) is 6.48. The number of hydrogen-bond donors (Lipinski definition) is 1. The smallest absolute Gasteiger partial charge is 0.277 e. The van der Waals surface area contributed by atoms with Gasteiger partial charge in [-0.2, -0.15) is 5.10 Å². The van der Waals surface area contributed by atoms with E-state index >= 15 is 0 Å². The first kappa shape index (κ1) is 19.4. The third-order valence-corrected chi connectivity index (χ3v) is 4.34. The Kier molecular flexibility index (Phi) is 7.40. The number of rotatable bonds is 6. The van der Waals surface area contributed by atoms with E-state index in [0.717, 1.165) is 20.1 Å². The number of hydrogen-bond acceptors (Lipinski definition) is 3. The number of benzene rings is 2. The van der Waals surface area contributed by atoms with E-state index in [2.05, 4.69) is 42.4 Å². The first-order valence-electron chi connectivity index (χ1n) is 7.60. The summed E-state index contributed by atoms with van der Waals surface area (Å²) in [7, 11) is 0. The number of halogens is 2. The monoisotopic (exact) mass is 464 g/mol. The highest BCUT2D eigenvalue weighted by atomic mass is 79.9. The van der Waals surface area contributed by atoms with Gasteiger partial charge >= 0.3 is 0 Å². The second-order valence-electron chi connectivity index (χ2n) is 5.38. The highest BCUT2D eigenvalue weighted by molar-refractivity contribution is 9.11. The maximum atomic E-state index is 11.9. The number of aryl methyl sites for hydroxylation is 1. The van der Waals surface area contributed by atoms with Gasteiger partial charge in [-0.15, -0.1) is 0 Å². The normalized spacial score (nSPS) is 11.6. The molecule has 0 heterocycles. The van der Waals surface area contributed by atoms with Gasteiger partial charge in [-0.25, -0.2) is 5.43 Å². The maximum absolute atomic E-state index is 11.9. The van der Waals surface area contributed by atoms with Crippen molar-refractivity contribution in [2.24, 2.45) is 5.10 Å². The molecule has 2 aromatic rings. The molecule has 1 N–H and O–H groups in total. The van der Waals surface area contributed by atoms with E-state index in [0.29, 0.717) is 11.5 Å². The first-order valence-corrected chi connectivity index (χ1v) is 9.19. The summed E-state index contributed by atoms with van der Waals surface area (Å²) >= 11 is 6.86. The van der Waals surface area contributed by atoms with Crippen LogP contribution in [0, 0.1) is 6.92 Å². The molecule has 1 amide bonds. The Morgan fingerprint density at radius 3 is 2.48 bits per heavy atom. The Morgan fingerprint density at radius 2 is 1.84 bits per heavy atom. The molecule has 25 heavy (non-hydrogen) atoms. The van der Waals surface area contributed by atoms with Gasteiger partial charge < -0.3 is 4.74 Å². The molecule has 2 aromatic carbocycles. The van der Waals surface area contributed by atoms with Gasteiger partial charge in [0, 0.05) is 0 Å². The standard InChI is InChI=1S/C19H18Br2N2O2/c1-13-10-16(20)19(17(21)11-13)25-12-18(24)23-22-14(2)8-9-15-6-4-3-5-7-15/h3-11H,12H2,1-2H3,(H,23,24)/b9-8+,22-14?. The number of nitrogens with one attached hydrogen (secondary N) is 1. The molecule has 0 aromatic heterocycles. The van der Waals surface area contributed by atoms with Crippen LogP contribution in [0.5, 0.6) is 5.75 Å². The van der Waals surface area contributed by atoms with Crippen molar-refractivity contribution in [3.63, 3.8) is 0 Å². The molecule has 0 atom stereocenters. The van der Waals surface area contributed by atoms with Crippen LogP contribution >= 0.6 is 31.9 Å². The number of carbonyl (C=O) groups excluding carboxylic acids is 1. The van der Waals surface area contributed by atoms with E-state index < -0.39 is 0 Å². The zero-order chi connectivity index (χ0) is 18.2. The lowest BCUT2D eigenvalue weighted by Gasteiger charge is -2.10. The quantitative estimate of drug-likeness (QED) is 0.476. The van der Waals surface area contributed by atoms with Crippen LogP contribution in [0.2, 0.25) is 0 Å². The molecule has 0 aliphatic rings. The lowest BCUT2D eigenvalue weighted by atomic mass is 10.2. The van der Waals surface area contributed by atoms with E-state index in [9.17, 15) is 4.79 Å². The van der Waals surface area contributed by atoms with Crippen LogP contribution < -0.4 is 10.2 Å². The van der Waals surface area contributed by atoms with Crippen LogP contribution in [-0.2, 0) is 4.79 Å². The zero-order valence-electron chi connectivity index (χ0n) is 13.9. The third-order valence-electron chi connectivity index (χ3n) is 3.16. The predicted molar refractivity (Wildman–Crippen MR) is 109 cm³/mol. The second-order valence-corrected chi connectivity index (χ2v) is 7.09. The molecule has 0 aliphatic carbocycles. The summed E-state index contributed by atoms with van der Waals surface area (Å²) in [6.45, 7) is 3.67. The number of ether oxygens (including phenoxy) is 1. The lowest BCUT2D eigenvalue weighted by Crippen LogP contribution is -2.25. The van der Waals surface area contributed by atoms with E-state index in [-0.39, 0.29) is 12.5 Å². The molecule has 0 radical (unpaired) electrons.